The number of non-ortho nitro benzene ring substituents is 1. The highest BCUT2D eigenvalue weighted by Gasteiger charge is 2.08. The van der Waals surface area contributed by atoms with E-state index in [2.05, 4.69) is 15.4 Å². The Balaban J connectivity index is 1.76. The van der Waals surface area contributed by atoms with Crippen molar-refractivity contribution in [3.05, 3.63) is 70.0 Å². The maximum Gasteiger partial charge on any atom is 0.269 e. The summed E-state index contributed by atoms with van der Waals surface area (Å²) in [6.07, 6.45) is 0. The van der Waals surface area contributed by atoms with Crippen molar-refractivity contribution < 1.29 is 9.31 Å². The quantitative estimate of drug-likeness (QED) is 0.545. The molecule has 1 aromatic heterocycles. The van der Waals surface area contributed by atoms with Gasteiger partial charge in [0, 0.05) is 17.7 Å². The number of hydrogen-bond acceptors (Lipinski definition) is 5. The van der Waals surface area contributed by atoms with E-state index in [1.165, 1.54) is 29.1 Å². The summed E-state index contributed by atoms with van der Waals surface area (Å²) < 4.78 is 12.9. The smallest absolute Gasteiger partial charge is 0.258 e. The van der Waals surface area contributed by atoms with Gasteiger partial charge >= 0.3 is 0 Å². The number of nitro groups is 1. The van der Waals surface area contributed by atoms with Crippen LogP contribution in [0.4, 0.5) is 10.1 Å². The molecule has 1 heterocycles. The van der Waals surface area contributed by atoms with E-state index in [-0.39, 0.29) is 11.5 Å². The van der Waals surface area contributed by atoms with E-state index < -0.39 is 4.92 Å². The standard InChI is InChI=1S/C14H10FN5O2/c15-12-5-3-11(4-6-12)14-16-18-19(17-14)9-10-1-7-13(8-2-10)20(21)22/h1-8H,9H2. The summed E-state index contributed by atoms with van der Waals surface area (Å²) in [5, 5.41) is 22.6. The number of nitrogens with zero attached hydrogens (tertiary/aromatic N) is 5. The van der Waals surface area contributed by atoms with Crippen LogP contribution in [0.2, 0.25) is 0 Å². The second-order valence-corrected chi connectivity index (χ2v) is 4.57. The largest absolute Gasteiger partial charge is 0.269 e. The number of halogens is 1. The first-order valence-corrected chi connectivity index (χ1v) is 6.39. The molecule has 0 amide bonds. The number of rotatable bonds is 4. The molecule has 22 heavy (non-hydrogen) atoms. The third-order valence-corrected chi connectivity index (χ3v) is 3.03. The van der Waals surface area contributed by atoms with Crippen LogP contribution in [0.1, 0.15) is 5.56 Å². The molecule has 0 radical (unpaired) electrons. The molecular weight excluding hydrogens is 289 g/mol. The van der Waals surface area contributed by atoms with Crippen LogP contribution < -0.4 is 0 Å². The molecular formula is C14H10FN5O2. The maximum absolute atomic E-state index is 12.9. The Bertz CT molecular complexity index is 799. The Kier molecular flexibility index (Phi) is 3.57. The highest BCUT2D eigenvalue weighted by molar-refractivity contribution is 5.53. The van der Waals surface area contributed by atoms with Crippen LogP contribution in [-0.2, 0) is 6.54 Å². The van der Waals surface area contributed by atoms with Gasteiger partial charge in [0.05, 0.1) is 11.5 Å². The molecule has 0 fully saturated rings. The van der Waals surface area contributed by atoms with Crippen LogP contribution in [0, 0.1) is 15.9 Å². The van der Waals surface area contributed by atoms with Crippen molar-refractivity contribution in [3.63, 3.8) is 0 Å². The Labute approximate surface area is 124 Å². The zero-order valence-corrected chi connectivity index (χ0v) is 11.3. The van der Waals surface area contributed by atoms with Gasteiger partial charge < -0.3 is 0 Å². The van der Waals surface area contributed by atoms with E-state index in [4.69, 9.17) is 0 Å². The van der Waals surface area contributed by atoms with E-state index >= 15 is 0 Å². The molecule has 0 N–H and O–H groups in total. The number of aromatic nitrogens is 4. The van der Waals surface area contributed by atoms with Gasteiger partial charge in [-0.15, -0.1) is 10.2 Å². The lowest BCUT2D eigenvalue weighted by molar-refractivity contribution is -0.384. The molecule has 2 aromatic carbocycles. The van der Waals surface area contributed by atoms with Crippen molar-refractivity contribution in [1.29, 1.82) is 0 Å². The molecule has 0 saturated carbocycles. The summed E-state index contributed by atoms with van der Waals surface area (Å²) >= 11 is 0. The van der Waals surface area contributed by atoms with Crippen LogP contribution in [0.5, 0.6) is 0 Å². The summed E-state index contributed by atoms with van der Waals surface area (Å²) in [4.78, 5) is 11.5. The van der Waals surface area contributed by atoms with Gasteiger partial charge in [0.2, 0.25) is 5.82 Å². The minimum Gasteiger partial charge on any atom is -0.258 e. The molecule has 0 aliphatic heterocycles. The second kappa shape index (κ2) is 5.68. The minimum absolute atomic E-state index is 0.0299. The highest BCUT2D eigenvalue weighted by atomic mass is 19.1. The maximum atomic E-state index is 12.9. The van der Waals surface area contributed by atoms with Crippen molar-refractivity contribution in [3.8, 4) is 11.4 Å². The molecule has 110 valence electrons. The minimum atomic E-state index is -0.454. The zero-order valence-electron chi connectivity index (χ0n) is 11.3. The monoisotopic (exact) mass is 299 g/mol. The number of hydrogen-bond donors (Lipinski definition) is 0. The van der Waals surface area contributed by atoms with Gasteiger partial charge in [0.1, 0.15) is 5.82 Å². The summed E-state index contributed by atoms with van der Waals surface area (Å²) in [6.45, 7) is 0.339. The molecule has 3 rings (SSSR count). The van der Waals surface area contributed by atoms with Crippen molar-refractivity contribution in [1.82, 2.24) is 20.2 Å². The Hall–Kier alpha value is -3.16. The molecule has 0 atom stereocenters. The van der Waals surface area contributed by atoms with Crippen LogP contribution in [0.25, 0.3) is 11.4 Å². The highest BCUT2D eigenvalue weighted by Crippen LogP contribution is 2.15. The van der Waals surface area contributed by atoms with Crippen molar-refractivity contribution >= 4 is 5.69 Å². The normalized spacial score (nSPS) is 10.6. The Morgan fingerprint density at radius 3 is 2.41 bits per heavy atom. The number of benzene rings is 2. The van der Waals surface area contributed by atoms with Crippen LogP contribution in [-0.4, -0.2) is 25.1 Å². The summed E-state index contributed by atoms with van der Waals surface area (Å²) in [7, 11) is 0. The van der Waals surface area contributed by atoms with Gasteiger partial charge in [0.15, 0.2) is 0 Å². The van der Waals surface area contributed by atoms with Crippen molar-refractivity contribution in [2.45, 2.75) is 6.54 Å². The van der Waals surface area contributed by atoms with E-state index in [1.807, 2.05) is 0 Å². The first-order chi connectivity index (χ1) is 10.6. The van der Waals surface area contributed by atoms with Gasteiger partial charge in [-0.05, 0) is 35.0 Å². The molecule has 0 spiro atoms. The lowest BCUT2D eigenvalue weighted by Crippen LogP contribution is -2.04. The van der Waals surface area contributed by atoms with E-state index in [1.54, 1.807) is 24.3 Å². The van der Waals surface area contributed by atoms with Crippen LogP contribution >= 0.6 is 0 Å². The van der Waals surface area contributed by atoms with E-state index in [9.17, 15) is 14.5 Å². The second-order valence-electron chi connectivity index (χ2n) is 4.57. The predicted octanol–water partition coefficient (Wildman–Crippen LogP) is 2.44. The van der Waals surface area contributed by atoms with Gasteiger partial charge in [-0.25, -0.2) is 4.39 Å². The van der Waals surface area contributed by atoms with E-state index in [0.717, 1.165) is 5.56 Å². The summed E-state index contributed by atoms with van der Waals surface area (Å²) in [5.41, 5.74) is 1.51. The van der Waals surface area contributed by atoms with Gasteiger partial charge in [0.25, 0.3) is 5.69 Å². The molecule has 3 aromatic rings. The van der Waals surface area contributed by atoms with Crippen molar-refractivity contribution in [2.75, 3.05) is 0 Å². The van der Waals surface area contributed by atoms with E-state index in [0.29, 0.717) is 17.9 Å². The fourth-order valence-corrected chi connectivity index (χ4v) is 1.91. The molecule has 0 saturated heterocycles. The SMILES string of the molecule is O=[N+]([O-])c1ccc(Cn2nnc(-c3ccc(F)cc3)n2)cc1. The van der Waals surface area contributed by atoms with Gasteiger partial charge in [-0.2, -0.15) is 4.80 Å². The predicted molar refractivity (Wildman–Crippen MR) is 75.4 cm³/mol. The summed E-state index contributed by atoms with van der Waals surface area (Å²) in [6, 6.07) is 11.9. The molecule has 0 aliphatic carbocycles. The molecule has 7 nitrogen and oxygen atoms in total. The Morgan fingerprint density at radius 1 is 1.09 bits per heavy atom. The third-order valence-electron chi connectivity index (χ3n) is 3.03. The number of tetrazole rings is 1. The molecule has 8 heteroatoms. The van der Waals surface area contributed by atoms with Crippen LogP contribution in [0.3, 0.4) is 0 Å². The van der Waals surface area contributed by atoms with Gasteiger partial charge in [-0.1, -0.05) is 12.1 Å². The zero-order chi connectivity index (χ0) is 15.5. The molecule has 0 aliphatic rings. The average Bonchev–Trinajstić information content (AvgIpc) is 2.97. The summed E-state index contributed by atoms with van der Waals surface area (Å²) in [5.74, 6) is 0.0592. The molecule has 0 bridgehead atoms. The van der Waals surface area contributed by atoms with Gasteiger partial charge in [-0.3, -0.25) is 10.1 Å². The first kappa shape index (κ1) is 13.8. The van der Waals surface area contributed by atoms with Crippen LogP contribution in [0.15, 0.2) is 48.5 Å². The first-order valence-electron chi connectivity index (χ1n) is 6.39. The molecule has 0 unspecified atom stereocenters. The fraction of sp³-hybridized carbons (Fsp3) is 0.0714. The topological polar surface area (TPSA) is 86.7 Å². The average molecular weight is 299 g/mol. The fourth-order valence-electron chi connectivity index (χ4n) is 1.91. The Morgan fingerprint density at radius 2 is 1.77 bits per heavy atom. The lowest BCUT2D eigenvalue weighted by atomic mass is 10.2. The lowest BCUT2D eigenvalue weighted by Gasteiger charge is -1.99. The van der Waals surface area contributed by atoms with Crippen molar-refractivity contribution in [2.24, 2.45) is 0 Å². The third kappa shape index (κ3) is 2.95. The number of nitro benzene ring substituents is 1.